The van der Waals surface area contributed by atoms with Gasteiger partial charge in [-0.2, -0.15) is 4.98 Å². The van der Waals surface area contributed by atoms with Crippen molar-refractivity contribution < 1.29 is 13.9 Å². The number of carbonyl (C=O) groups excluding carboxylic acids is 1. The smallest absolute Gasteiger partial charge is 0.231 e. The molecule has 0 radical (unpaired) electrons. The molecule has 0 saturated carbocycles. The summed E-state index contributed by atoms with van der Waals surface area (Å²) in [7, 11) is 0. The minimum atomic E-state index is 0.0685. The van der Waals surface area contributed by atoms with Crippen LogP contribution >= 0.6 is 0 Å². The summed E-state index contributed by atoms with van der Waals surface area (Å²) < 4.78 is 11.1. The third-order valence-corrected chi connectivity index (χ3v) is 5.26. The molecule has 2 aromatic heterocycles. The van der Waals surface area contributed by atoms with Crippen LogP contribution in [-0.2, 0) is 9.53 Å². The van der Waals surface area contributed by atoms with Gasteiger partial charge in [0.15, 0.2) is 0 Å². The Balaban J connectivity index is 1.61. The lowest BCUT2D eigenvalue weighted by molar-refractivity contribution is -0.125. The van der Waals surface area contributed by atoms with Gasteiger partial charge in [0.2, 0.25) is 11.6 Å². The topological polar surface area (TPSA) is 80.5 Å². The molecule has 2 aromatic rings. The van der Waals surface area contributed by atoms with E-state index in [-0.39, 0.29) is 11.8 Å². The molecular formula is C20H30N4O3. The van der Waals surface area contributed by atoms with Crippen LogP contribution in [0, 0.1) is 26.7 Å². The van der Waals surface area contributed by atoms with Crippen LogP contribution in [0.4, 0.5) is 5.82 Å². The number of aromatic nitrogens is 2. The highest BCUT2D eigenvalue weighted by atomic mass is 16.5. The third kappa shape index (κ3) is 4.40. The molecule has 27 heavy (non-hydrogen) atoms. The lowest BCUT2D eigenvalue weighted by Crippen LogP contribution is -2.41. The monoisotopic (exact) mass is 374 g/mol. The van der Waals surface area contributed by atoms with E-state index in [0.717, 1.165) is 61.5 Å². The summed E-state index contributed by atoms with van der Waals surface area (Å²) in [6, 6.07) is 0. The maximum absolute atomic E-state index is 12.4. The van der Waals surface area contributed by atoms with E-state index in [1.165, 1.54) is 0 Å². The van der Waals surface area contributed by atoms with Gasteiger partial charge in [-0.15, -0.1) is 0 Å². The van der Waals surface area contributed by atoms with Crippen LogP contribution in [0.3, 0.4) is 0 Å². The van der Waals surface area contributed by atoms with Crippen molar-refractivity contribution in [2.24, 2.45) is 5.92 Å². The molecule has 0 spiro atoms. The summed E-state index contributed by atoms with van der Waals surface area (Å²) in [5, 5.41) is 4.04. The molecule has 1 saturated heterocycles. The van der Waals surface area contributed by atoms with Crippen LogP contribution in [0.2, 0.25) is 0 Å². The van der Waals surface area contributed by atoms with E-state index in [1.807, 2.05) is 27.7 Å². The average molecular weight is 374 g/mol. The Morgan fingerprint density at radius 2 is 2.00 bits per heavy atom. The van der Waals surface area contributed by atoms with E-state index in [0.29, 0.717) is 24.7 Å². The summed E-state index contributed by atoms with van der Waals surface area (Å²) >= 11 is 0. The molecule has 1 aliphatic heterocycles. The minimum absolute atomic E-state index is 0.0685. The number of aryl methyl sites for hydroxylation is 3. The van der Waals surface area contributed by atoms with E-state index in [9.17, 15) is 4.79 Å². The number of hydrogen-bond acceptors (Lipinski definition) is 6. The van der Waals surface area contributed by atoms with E-state index in [1.54, 1.807) is 0 Å². The number of hydrogen-bond donors (Lipinski definition) is 1. The highest BCUT2D eigenvalue weighted by molar-refractivity contribution is 5.90. The van der Waals surface area contributed by atoms with E-state index < -0.39 is 0 Å². The van der Waals surface area contributed by atoms with Gasteiger partial charge in [-0.3, -0.25) is 4.79 Å². The summed E-state index contributed by atoms with van der Waals surface area (Å²) in [6.07, 6.45) is 2.52. The zero-order valence-electron chi connectivity index (χ0n) is 16.8. The number of anilines is 1. The largest absolute Gasteiger partial charge is 0.443 e. The van der Waals surface area contributed by atoms with Gasteiger partial charge in [-0.1, -0.05) is 0 Å². The standard InChI is InChI=1S/C20H30N4O3/c1-5-26-12-6-9-21-19(25)16-7-10-24(11-8-16)18-17-13(2)14(3)27-20(17)23-15(4)22-18/h16H,5-12H2,1-4H3,(H,21,25). The van der Waals surface area contributed by atoms with Crippen molar-refractivity contribution in [3.63, 3.8) is 0 Å². The number of nitrogens with one attached hydrogen (secondary N) is 1. The molecule has 0 bridgehead atoms. The van der Waals surface area contributed by atoms with Gasteiger partial charge in [-0.25, -0.2) is 4.98 Å². The summed E-state index contributed by atoms with van der Waals surface area (Å²) in [5.41, 5.74) is 1.75. The number of fused-ring (bicyclic) bond motifs is 1. The Labute approximate surface area is 160 Å². The van der Waals surface area contributed by atoms with Crippen molar-refractivity contribution in [2.75, 3.05) is 37.7 Å². The lowest BCUT2D eigenvalue weighted by atomic mass is 9.95. The molecule has 7 heteroatoms. The first-order valence-corrected chi connectivity index (χ1v) is 9.86. The number of ether oxygens (including phenoxy) is 1. The van der Waals surface area contributed by atoms with Crippen LogP contribution in [0.15, 0.2) is 4.42 Å². The Hall–Kier alpha value is -2.15. The normalized spacial score (nSPS) is 15.5. The molecule has 0 unspecified atom stereocenters. The van der Waals surface area contributed by atoms with E-state index in [4.69, 9.17) is 9.15 Å². The SMILES string of the molecule is CCOCCCNC(=O)C1CCN(c2nc(C)nc3oc(C)c(C)c23)CC1. The van der Waals surface area contributed by atoms with Crippen LogP contribution in [0.5, 0.6) is 0 Å². The van der Waals surface area contributed by atoms with Gasteiger partial charge in [0.25, 0.3) is 0 Å². The van der Waals surface area contributed by atoms with Gasteiger partial charge in [0, 0.05) is 44.3 Å². The predicted molar refractivity (Wildman–Crippen MR) is 105 cm³/mol. The van der Waals surface area contributed by atoms with Crippen LogP contribution in [-0.4, -0.2) is 48.7 Å². The van der Waals surface area contributed by atoms with Crippen molar-refractivity contribution in [3.05, 3.63) is 17.1 Å². The highest BCUT2D eigenvalue weighted by Gasteiger charge is 2.27. The summed E-state index contributed by atoms with van der Waals surface area (Å²) in [5.74, 6) is 2.75. The summed E-state index contributed by atoms with van der Waals surface area (Å²) in [6.45, 7) is 11.6. The molecule has 1 N–H and O–H groups in total. The van der Waals surface area contributed by atoms with Crippen LogP contribution < -0.4 is 10.2 Å². The Kier molecular flexibility index (Phi) is 6.31. The first-order valence-electron chi connectivity index (χ1n) is 9.86. The Morgan fingerprint density at radius 3 is 2.70 bits per heavy atom. The zero-order chi connectivity index (χ0) is 19.4. The van der Waals surface area contributed by atoms with Crippen LogP contribution in [0.1, 0.15) is 43.3 Å². The van der Waals surface area contributed by atoms with Crippen molar-refractivity contribution >= 4 is 22.8 Å². The molecule has 0 aromatic carbocycles. The second-order valence-electron chi connectivity index (χ2n) is 7.16. The predicted octanol–water partition coefficient (Wildman–Crippen LogP) is 2.91. The fourth-order valence-corrected chi connectivity index (χ4v) is 3.59. The Bertz CT molecular complexity index is 794. The first kappa shape index (κ1) is 19.6. The summed E-state index contributed by atoms with van der Waals surface area (Å²) in [4.78, 5) is 23.8. The fraction of sp³-hybridized carbons (Fsp3) is 0.650. The maximum atomic E-state index is 12.4. The molecule has 148 valence electrons. The molecule has 3 heterocycles. The number of piperidine rings is 1. The van der Waals surface area contributed by atoms with Crippen molar-refractivity contribution in [3.8, 4) is 0 Å². The quantitative estimate of drug-likeness (QED) is 0.751. The molecule has 1 amide bonds. The third-order valence-electron chi connectivity index (χ3n) is 5.26. The second-order valence-corrected chi connectivity index (χ2v) is 7.16. The van der Waals surface area contributed by atoms with Gasteiger partial charge in [0.05, 0.1) is 5.39 Å². The molecule has 3 rings (SSSR count). The maximum Gasteiger partial charge on any atom is 0.231 e. The number of nitrogens with zero attached hydrogens (tertiary/aromatic N) is 3. The van der Waals surface area contributed by atoms with Gasteiger partial charge >= 0.3 is 0 Å². The fourth-order valence-electron chi connectivity index (χ4n) is 3.59. The van der Waals surface area contributed by atoms with Gasteiger partial charge in [0.1, 0.15) is 17.4 Å². The molecule has 0 atom stereocenters. The van der Waals surface area contributed by atoms with Gasteiger partial charge in [-0.05, 0) is 47.0 Å². The molecule has 0 aliphatic carbocycles. The second kappa shape index (κ2) is 8.69. The van der Waals surface area contributed by atoms with Crippen LogP contribution in [0.25, 0.3) is 11.1 Å². The molecular weight excluding hydrogens is 344 g/mol. The number of carbonyl (C=O) groups is 1. The molecule has 7 nitrogen and oxygen atoms in total. The molecule has 1 aliphatic rings. The number of furan rings is 1. The Morgan fingerprint density at radius 1 is 1.26 bits per heavy atom. The number of amides is 1. The first-order chi connectivity index (χ1) is 13.0. The minimum Gasteiger partial charge on any atom is -0.443 e. The highest BCUT2D eigenvalue weighted by Crippen LogP contribution is 2.33. The zero-order valence-corrected chi connectivity index (χ0v) is 16.8. The van der Waals surface area contributed by atoms with Crippen molar-refractivity contribution in [2.45, 2.75) is 47.0 Å². The van der Waals surface area contributed by atoms with Crippen molar-refractivity contribution in [1.29, 1.82) is 0 Å². The van der Waals surface area contributed by atoms with E-state index >= 15 is 0 Å². The van der Waals surface area contributed by atoms with Crippen molar-refractivity contribution in [1.82, 2.24) is 15.3 Å². The lowest BCUT2D eigenvalue weighted by Gasteiger charge is -2.32. The van der Waals surface area contributed by atoms with E-state index in [2.05, 4.69) is 20.2 Å². The molecule has 1 fully saturated rings. The number of rotatable bonds is 7. The average Bonchev–Trinajstić information content (AvgIpc) is 2.94. The van der Waals surface area contributed by atoms with Gasteiger partial charge < -0.3 is 19.4 Å².